The van der Waals surface area contributed by atoms with Crippen LogP contribution in [0.2, 0.25) is 5.02 Å². The van der Waals surface area contributed by atoms with E-state index in [9.17, 15) is 9.59 Å². The first-order valence-corrected chi connectivity index (χ1v) is 6.75. The lowest BCUT2D eigenvalue weighted by Gasteiger charge is -2.00. The van der Waals surface area contributed by atoms with E-state index in [1.54, 1.807) is 0 Å². The number of hydrogen-bond acceptors (Lipinski definition) is 6. The second-order valence-electron chi connectivity index (χ2n) is 3.85. The van der Waals surface area contributed by atoms with E-state index in [4.69, 9.17) is 16.1 Å². The molecule has 3 heterocycles. The quantitative estimate of drug-likeness (QED) is 0.788. The summed E-state index contributed by atoms with van der Waals surface area (Å²) in [7, 11) is 0. The first kappa shape index (κ1) is 12.8. The molecular weight excluding hydrogens is 304 g/mol. The summed E-state index contributed by atoms with van der Waals surface area (Å²) < 4.78 is 6.26. The van der Waals surface area contributed by atoms with Crippen LogP contribution < -0.4 is 11.2 Å². The third kappa shape index (κ3) is 2.43. The van der Waals surface area contributed by atoms with Crippen molar-refractivity contribution in [1.29, 1.82) is 0 Å². The van der Waals surface area contributed by atoms with Gasteiger partial charge in [0, 0.05) is 6.20 Å². The van der Waals surface area contributed by atoms with Crippen molar-refractivity contribution in [2.45, 2.75) is 6.54 Å². The minimum absolute atomic E-state index is 0.0354. The molecule has 0 fully saturated rings. The SMILES string of the molecule is O=c1[nH]c(=O)n(Cc2nc(-c3cccs3)no2)cc1Cl. The number of H-pyrrole nitrogens is 1. The predicted octanol–water partition coefficient (Wildman–Crippen LogP) is 1.35. The van der Waals surface area contributed by atoms with Gasteiger partial charge in [0.25, 0.3) is 5.56 Å². The molecule has 0 bridgehead atoms. The average Bonchev–Trinajstić information content (AvgIpc) is 3.06. The van der Waals surface area contributed by atoms with Gasteiger partial charge in [-0.05, 0) is 11.4 Å². The van der Waals surface area contributed by atoms with E-state index >= 15 is 0 Å². The Balaban J connectivity index is 1.91. The largest absolute Gasteiger partial charge is 0.337 e. The lowest BCUT2D eigenvalue weighted by Crippen LogP contribution is -2.30. The van der Waals surface area contributed by atoms with Crippen molar-refractivity contribution in [3.63, 3.8) is 0 Å². The molecular formula is C11H7ClN4O3S. The maximum absolute atomic E-state index is 11.6. The fourth-order valence-corrected chi connectivity index (χ4v) is 2.39. The summed E-state index contributed by atoms with van der Waals surface area (Å²) >= 11 is 7.15. The number of halogens is 1. The number of aromatic amines is 1. The summed E-state index contributed by atoms with van der Waals surface area (Å²) in [6.07, 6.45) is 1.23. The molecule has 0 aliphatic carbocycles. The number of hydrogen-bond donors (Lipinski definition) is 1. The lowest BCUT2D eigenvalue weighted by atomic mass is 10.4. The highest BCUT2D eigenvalue weighted by atomic mass is 35.5. The Bertz CT molecular complexity index is 849. The molecule has 1 N–H and O–H groups in total. The van der Waals surface area contributed by atoms with E-state index < -0.39 is 11.2 Å². The molecule has 0 unspecified atom stereocenters. The molecule has 102 valence electrons. The van der Waals surface area contributed by atoms with Gasteiger partial charge >= 0.3 is 5.69 Å². The fraction of sp³-hybridized carbons (Fsp3) is 0.0909. The second-order valence-corrected chi connectivity index (χ2v) is 5.21. The van der Waals surface area contributed by atoms with E-state index in [0.717, 1.165) is 4.88 Å². The molecule has 7 nitrogen and oxygen atoms in total. The van der Waals surface area contributed by atoms with Crippen molar-refractivity contribution in [2.75, 3.05) is 0 Å². The summed E-state index contributed by atoms with van der Waals surface area (Å²) in [4.78, 5) is 29.9. The van der Waals surface area contributed by atoms with Gasteiger partial charge in [-0.3, -0.25) is 14.3 Å². The van der Waals surface area contributed by atoms with Crippen molar-refractivity contribution < 1.29 is 4.52 Å². The molecule has 0 amide bonds. The van der Waals surface area contributed by atoms with Crippen LogP contribution in [0, 0.1) is 0 Å². The molecule has 0 aromatic carbocycles. The zero-order valence-corrected chi connectivity index (χ0v) is 11.4. The van der Waals surface area contributed by atoms with E-state index in [-0.39, 0.29) is 17.5 Å². The molecule has 3 aromatic heterocycles. The molecule has 0 aliphatic rings. The van der Waals surface area contributed by atoms with Crippen LogP contribution in [0.5, 0.6) is 0 Å². The first-order valence-electron chi connectivity index (χ1n) is 5.49. The number of nitrogens with zero attached hydrogens (tertiary/aromatic N) is 3. The van der Waals surface area contributed by atoms with E-state index in [1.165, 1.54) is 22.1 Å². The van der Waals surface area contributed by atoms with Crippen LogP contribution in [0.3, 0.4) is 0 Å². The second kappa shape index (κ2) is 5.06. The van der Waals surface area contributed by atoms with Gasteiger partial charge in [-0.1, -0.05) is 22.8 Å². The van der Waals surface area contributed by atoms with E-state index in [0.29, 0.717) is 5.82 Å². The summed E-state index contributed by atoms with van der Waals surface area (Å²) in [6, 6.07) is 3.74. The molecule has 0 saturated carbocycles. The molecule has 0 aliphatic heterocycles. The Morgan fingerprint density at radius 1 is 1.45 bits per heavy atom. The maximum Gasteiger partial charge on any atom is 0.328 e. The molecule has 0 atom stereocenters. The molecule has 3 rings (SSSR count). The molecule has 3 aromatic rings. The zero-order valence-electron chi connectivity index (χ0n) is 9.87. The summed E-state index contributed by atoms with van der Waals surface area (Å²) in [5.41, 5.74) is -1.21. The summed E-state index contributed by atoms with van der Waals surface area (Å²) in [6.45, 7) is 0.0354. The Labute approximate surface area is 120 Å². The van der Waals surface area contributed by atoms with Crippen LogP contribution >= 0.6 is 22.9 Å². The van der Waals surface area contributed by atoms with Gasteiger partial charge < -0.3 is 4.52 Å². The topological polar surface area (TPSA) is 93.8 Å². The van der Waals surface area contributed by atoms with Crippen LogP contribution in [0.4, 0.5) is 0 Å². The normalized spacial score (nSPS) is 10.8. The molecule has 20 heavy (non-hydrogen) atoms. The minimum Gasteiger partial charge on any atom is -0.337 e. The Morgan fingerprint density at radius 3 is 3.05 bits per heavy atom. The highest BCUT2D eigenvalue weighted by molar-refractivity contribution is 7.13. The van der Waals surface area contributed by atoms with Gasteiger partial charge in [-0.2, -0.15) is 4.98 Å². The maximum atomic E-state index is 11.6. The number of nitrogens with one attached hydrogen (secondary N) is 1. The van der Waals surface area contributed by atoms with Crippen molar-refractivity contribution >= 4 is 22.9 Å². The van der Waals surface area contributed by atoms with Crippen LogP contribution in [0.15, 0.2) is 37.8 Å². The summed E-state index contributed by atoms with van der Waals surface area (Å²) in [5, 5.41) is 5.65. The van der Waals surface area contributed by atoms with Crippen molar-refractivity contribution in [2.24, 2.45) is 0 Å². The van der Waals surface area contributed by atoms with Gasteiger partial charge in [-0.15, -0.1) is 11.3 Å². The molecule has 9 heteroatoms. The van der Waals surface area contributed by atoms with Crippen LogP contribution in [0.25, 0.3) is 10.7 Å². The Hall–Kier alpha value is -2.19. The highest BCUT2D eigenvalue weighted by Gasteiger charge is 2.11. The lowest BCUT2D eigenvalue weighted by molar-refractivity contribution is 0.369. The van der Waals surface area contributed by atoms with Crippen LogP contribution in [-0.4, -0.2) is 19.7 Å². The molecule has 0 radical (unpaired) electrons. The standard InChI is InChI=1S/C11H7ClN4O3S/c12-6-4-16(11(18)14-10(6)17)5-8-13-9(15-19-8)7-2-1-3-20-7/h1-4H,5H2,(H,14,17,18). The third-order valence-electron chi connectivity index (χ3n) is 2.48. The average molecular weight is 311 g/mol. The van der Waals surface area contributed by atoms with Crippen LogP contribution in [0.1, 0.15) is 5.89 Å². The number of rotatable bonds is 3. The van der Waals surface area contributed by atoms with Gasteiger partial charge in [-0.25, -0.2) is 4.79 Å². The number of thiophene rings is 1. The molecule has 0 saturated heterocycles. The smallest absolute Gasteiger partial charge is 0.328 e. The fourth-order valence-electron chi connectivity index (χ4n) is 1.57. The summed E-state index contributed by atoms with van der Waals surface area (Å²) in [5.74, 6) is 0.706. The van der Waals surface area contributed by atoms with Gasteiger partial charge in [0.05, 0.1) is 4.88 Å². The van der Waals surface area contributed by atoms with Crippen molar-refractivity contribution in [3.8, 4) is 10.7 Å². The van der Waals surface area contributed by atoms with Crippen molar-refractivity contribution in [3.05, 3.63) is 55.5 Å². The van der Waals surface area contributed by atoms with Crippen molar-refractivity contribution in [1.82, 2.24) is 19.7 Å². The molecule has 0 spiro atoms. The number of aromatic nitrogens is 4. The Morgan fingerprint density at radius 2 is 2.30 bits per heavy atom. The highest BCUT2D eigenvalue weighted by Crippen LogP contribution is 2.21. The predicted molar refractivity (Wildman–Crippen MR) is 73.0 cm³/mol. The monoisotopic (exact) mass is 310 g/mol. The Kier molecular flexibility index (Phi) is 3.25. The third-order valence-corrected chi connectivity index (χ3v) is 3.62. The van der Waals surface area contributed by atoms with Gasteiger partial charge in [0.15, 0.2) is 0 Å². The van der Waals surface area contributed by atoms with E-state index in [1.807, 2.05) is 17.5 Å². The first-order chi connectivity index (χ1) is 9.63. The van der Waals surface area contributed by atoms with Gasteiger partial charge in [0.2, 0.25) is 11.7 Å². The zero-order chi connectivity index (χ0) is 14.1. The van der Waals surface area contributed by atoms with E-state index in [2.05, 4.69) is 15.1 Å². The van der Waals surface area contributed by atoms with Gasteiger partial charge in [0.1, 0.15) is 11.6 Å². The minimum atomic E-state index is -0.627. The van der Waals surface area contributed by atoms with Crippen LogP contribution in [-0.2, 0) is 6.54 Å².